The van der Waals surface area contributed by atoms with Gasteiger partial charge in [-0.1, -0.05) is 0 Å². The molecule has 5 heteroatoms. The van der Waals surface area contributed by atoms with Crippen LogP contribution in [0.25, 0.3) is 0 Å². The van der Waals surface area contributed by atoms with E-state index in [9.17, 15) is 9.90 Å². The number of aliphatic hydroxyl groups excluding tert-OH is 1. The van der Waals surface area contributed by atoms with Crippen LogP contribution >= 0.6 is 0 Å². The molecule has 13 heavy (non-hydrogen) atoms. The summed E-state index contributed by atoms with van der Waals surface area (Å²) in [6.45, 7) is 3.44. The molecule has 0 aromatic carbocycles. The number of aliphatic carboxylic acids is 1. The first-order valence-electron chi connectivity index (χ1n) is 3.84. The lowest BCUT2D eigenvalue weighted by Gasteiger charge is -2.00. The van der Waals surface area contributed by atoms with Crippen molar-refractivity contribution in [3.8, 4) is 0 Å². The van der Waals surface area contributed by atoms with Crippen LogP contribution < -0.4 is 0 Å². The number of aromatic nitrogens is 1. The van der Waals surface area contributed by atoms with Gasteiger partial charge in [0.05, 0.1) is 12.1 Å². The molecule has 1 atom stereocenters. The molecule has 1 heterocycles. The Hall–Kier alpha value is -1.36. The van der Waals surface area contributed by atoms with Crippen molar-refractivity contribution in [1.82, 2.24) is 4.98 Å². The van der Waals surface area contributed by atoms with Crippen molar-refractivity contribution >= 4 is 5.97 Å². The van der Waals surface area contributed by atoms with Crippen LogP contribution in [-0.2, 0) is 4.79 Å². The van der Waals surface area contributed by atoms with Crippen molar-refractivity contribution in [2.45, 2.75) is 26.4 Å². The molecule has 0 aliphatic heterocycles. The summed E-state index contributed by atoms with van der Waals surface area (Å²) in [5.41, 5.74) is 0.666. The average Bonchev–Trinajstić information content (AvgIpc) is 2.31. The standard InChI is InChI=1S/C8H11NO4/c1-4-5(2)13-8(9-4)6(10)3-7(11)12/h6,10H,3H2,1-2H3,(H,11,12)/t6-/m1/s1. The van der Waals surface area contributed by atoms with Crippen LogP contribution in [0.15, 0.2) is 4.42 Å². The molecule has 2 N–H and O–H groups in total. The minimum absolute atomic E-state index is 0.0670. The Morgan fingerprint density at radius 2 is 2.23 bits per heavy atom. The van der Waals surface area contributed by atoms with Gasteiger partial charge in [0.15, 0.2) is 0 Å². The zero-order chi connectivity index (χ0) is 10.0. The van der Waals surface area contributed by atoms with Crippen molar-refractivity contribution in [2.24, 2.45) is 0 Å². The second kappa shape index (κ2) is 3.57. The van der Waals surface area contributed by atoms with Gasteiger partial charge in [-0.3, -0.25) is 4.79 Å². The van der Waals surface area contributed by atoms with Crippen LogP contribution in [0.4, 0.5) is 0 Å². The first kappa shape index (κ1) is 9.73. The van der Waals surface area contributed by atoms with E-state index in [2.05, 4.69) is 4.98 Å². The number of nitrogens with zero attached hydrogens (tertiary/aromatic N) is 1. The topological polar surface area (TPSA) is 83.6 Å². The van der Waals surface area contributed by atoms with Crippen molar-refractivity contribution in [3.05, 3.63) is 17.3 Å². The van der Waals surface area contributed by atoms with Crippen molar-refractivity contribution in [3.63, 3.8) is 0 Å². The maximum Gasteiger partial charge on any atom is 0.306 e. The molecule has 0 saturated heterocycles. The fraction of sp³-hybridized carbons (Fsp3) is 0.500. The normalized spacial score (nSPS) is 12.8. The van der Waals surface area contributed by atoms with E-state index in [4.69, 9.17) is 9.52 Å². The van der Waals surface area contributed by atoms with Gasteiger partial charge in [0.25, 0.3) is 0 Å². The summed E-state index contributed by atoms with van der Waals surface area (Å²) in [7, 11) is 0. The maximum absolute atomic E-state index is 10.2. The van der Waals surface area contributed by atoms with Crippen molar-refractivity contribution in [2.75, 3.05) is 0 Å². The number of hydrogen-bond acceptors (Lipinski definition) is 4. The summed E-state index contributed by atoms with van der Waals surface area (Å²) in [4.78, 5) is 14.1. The Morgan fingerprint density at radius 3 is 2.62 bits per heavy atom. The molecule has 1 rings (SSSR count). The molecule has 1 aromatic heterocycles. The van der Waals surface area contributed by atoms with Crippen molar-refractivity contribution in [1.29, 1.82) is 0 Å². The van der Waals surface area contributed by atoms with Gasteiger partial charge in [0.2, 0.25) is 5.89 Å². The Kier molecular flexibility index (Phi) is 2.67. The van der Waals surface area contributed by atoms with Crippen LogP contribution in [0, 0.1) is 13.8 Å². The van der Waals surface area contributed by atoms with Gasteiger partial charge in [-0.25, -0.2) is 4.98 Å². The summed E-state index contributed by atoms with van der Waals surface area (Å²) in [5, 5.41) is 17.7. The van der Waals surface area contributed by atoms with E-state index in [1.165, 1.54) is 0 Å². The molecule has 0 fully saturated rings. The fourth-order valence-electron chi connectivity index (χ4n) is 0.893. The first-order valence-corrected chi connectivity index (χ1v) is 3.84. The van der Waals surface area contributed by atoms with Crippen LogP contribution in [0.1, 0.15) is 29.9 Å². The molecule has 0 amide bonds. The highest BCUT2D eigenvalue weighted by atomic mass is 16.4. The molecule has 72 valence electrons. The Labute approximate surface area is 75.0 Å². The largest absolute Gasteiger partial charge is 0.481 e. The SMILES string of the molecule is Cc1nc([C@H](O)CC(=O)O)oc1C. The fourth-order valence-corrected chi connectivity index (χ4v) is 0.893. The van der Waals surface area contributed by atoms with Gasteiger partial charge in [0, 0.05) is 0 Å². The van der Waals surface area contributed by atoms with E-state index >= 15 is 0 Å². The Bertz CT molecular complexity index is 298. The maximum atomic E-state index is 10.2. The van der Waals surface area contributed by atoms with E-state index in [1.807, 2.05) is 0 Å². The summed E-state index contributed by atoms with van der Waals surface area (Å²) in [5.74, 6) is -0.419. The predicted molar refractivity (Wildman–Crippen MR) is 43.2 cm³/mol. The van der Waals surface area contributed by atoms with Gasteiger partial charge >= 0.3 is 5.97 Å². The van der Waals surface area contributed by atoms with E-state index in [0.29, 0.717) is 11.5 Å². The number of oxazole rings is 1. The van der Waals surface area contributed by atoms with Crippen LogP contribution in [0.5, 0.6) is 0 Å². The number of aliphatic hydroxyl groups is 1. The minimum Gasteiger partial charge on any atom is -0.481 e. The number of carboxylic acid groups (broad SMARTS) is 1. The number of rotatable bonds is 3. The Balaban J connectivity index is 2.77. The first-order chi connectivity index (χ1) is 6.00. The number of carbonyl (C=O) groups is 1. The summed E-state index contributed by atoms with van der Waals surface area (Å²) < 4.78 is 5.05. The minimum atomic E-state index is -1.16. The predicted octanol–water partition coefficient (Wildman–Crippen LogP) is 0.800. The lowest BCUT2D eigenvalue weighted by Crippen LogP contribution is -2.05. The van der Waals surface area contributed by atoms with E-state index in [1.54, 1.807) is 13.8 Å². The quantitative estimate of drug-likeness (QED) is 0.727. The highest BCUT2D eigenvalue weighted by Gasteiger charge is 2.18. The molecule has 5 nitrogen and oxygen atoms in total. The molecule has 0 unspecified atom stereocenters. The molecule has 1 aromatic rings. The van der Waals surface area contributed by atoms with Gasteiger partial charge in [-0.15, -0.1) is 0 Å². The van der Waals surface area contributed by atoms with Crippen LogP contribution in [0.2, 0.25) is 0 Å². The molecule has 0 bridgehead atoms. The third kappa shape index (κ3) is 2.29. The highest BCUT2D eigenvalue weighted by Crippen LogP contribution is 2.18. The van der Waals surface area contributed by atoms with Gasteiger partial charge < -0.3 is 14.6 Å². The second-order valence-electron chi connectivity index (χ2n) is 2.81. The molecular weight excluding hydrogens is 174 g/mol. The number of aryl methyl sites for hydroxylation is 2. The smallest absolute Gasteiger partial charge is 0.306 e. The molecular formula is C8H11NO4. The lowest BCUT2D eigenvalue weighted by atomic mass is 10.2. The number of carboxylic acids is 1. The van der Waals surface area contributed by atoms with E-state index in [0.717, 1.165) is 0 Å². The summed E-state index contributed by atoms with van der Waals surface area (Å²) in [6, 6.07) is 0. The van der Waals surface area contributed by atoms with E-state index < -0.39 is 12.1 Å². The Morgan fingerprint density at radius 1 is 1.62 bits per heavy atom. The zero-order valence-electron chi connectivity index (χ0n) is 7.44. The van der Waals surface area contributed by atoms with Gasteiger partial charge in [0.1, 0.15) is 11.9 Å². The van der Waals surface area contributed by atoms with Crippen molar-refractivity contribution < 1.29 is 19.4 Å². The molecule has 0 aliphatic carbocycles. The van der Waals surface area contributed by atoms with Gasteiger partial charge in [-0.2, -0.15) is 0 Å². The monoisotopic (exact) mass is 185 g/mol. The average molecular weight is 185 g/mol. The third-order valence-electron chi connectivity index (χ3n) is 1.70. The van der Waals surface area contributed by atoms with Crippen LogP contribution in [-0.4, -0.2) is 21.2 Å². The highest BCUT2D eigenvalue weighted by molar-refractivity contribution is 5.67. The molecule has 0 spiro atoms. The second-order valence-corrected chi connectivity index (χ2v) is 2.81. The van der Waals surface area contributed by atoms with Gasteiger partial charge in [-0.05, 0) is 13.8 Å². The van der Waals surface area contributed by atoms with Crippen LogP contribution in [0.3, 0.4) is 0 Å². The molecule has 0 aliphatic rings. The summed E-state index contributed by atoms with van der Waals surface area (Å²) in [6.07, 6.45) is -1.55. The third-order valence-corrected chi connectivity index (χ3v) is 1.70. The van der Waals surface area contributed by atoms with E-state index in [-0.39, 0.29) is 12.3 Å². The zero-order valence-corrected chi connectivity index (χ0v) is 7.44. The molecule has 0 saturated carbocycles. The lowest BCUT2D eigenvalue weighted by molar-refractivity contribution is -0.139. The molecule has 0 radical (unpaired) electrons. The number of hydrogen-bond donors (Lipinski definition) is 2. The summed E-state index contributed by atoms with van der Waals surface area (Å²) >= 11 is 0.